The van der Waals surface area contributed by atoms with Crippen molar-refractivity contribution in [1.29, 1.82) is 0 Å². The second kappa shape index (κ2) is 4.38. The third-order valence-electron chi connectivity index (χ3n) is 0.905. The smallest absolute Gasteiger partial charge is 0.290 e. The van der Waals surface area contributed by atoms with Crippen LogP contribution in [-0.2, 0) is 9.09 Å². The van der Waals surface area contributed by atoms with Gasteiger partial charge >= 0.3 is 0 Å². The van der Waals surface area contributed by atoms with Gasteiger partial charge in [0.25, 0.3) is 6.72 Å². The summed E-state index contributed by atoms with van der Waals surface area (Å²) in [6.45, 7) is 3.37. The Labute approximate surface area is 67.1 Å². The quantitative estimate of drug-likeness (QED) is 0.628. The van der Waals surface area contributed by atoms with Crippen molar-refractivity contribution in [3.05, 3.63) is 0 Å². The van der Waals surface area contributed by atoms with Crippen molar-refractivity contribution < 1.29 is 9.09 Å². The Kier molecular flexibility index (Phi) is 4.59. The number of hydrogen-bond acceptors (Lipinski definition) is 2. The van der Waals surface area contributed by atoms with Crippen LogP contribution in [0.5, 0.6) is 0 Å². The van der Waals surface area contributed by atoms with Crippen LogP contribution in [0.4, 0.5) is 0 Å². The fraction of sp³-hybridized carbons (Fsp3) is 1.00. The Morgan fingerprint density at radius 1 is 1.60 bits per heavy atom. The van der Waals surface area contributed by atoms with E-state index in [0.29, 0.717) is 18.7 Å². The first-order valence-electron chi connectivity index (χ1n) is 3.41. The first kappa shape index (κ1) is 10.5. The van der Waals surface area contributed by atoms with Crippen molar-refractivity contribution in [2.45, 2.75) is 20.8 Å². The van der Waals surface area contributed by atoms with Gasteiger partial charge in [0, 0.05) is 6.16 Å². The van der Waals surface area contributed by atoms with Crippen molar-refractivity contribution >= 4 is 18.0 Å². The molecule has 1 atom stereocenters. The van der Waals surface area contributed by atoms with Gasteiger partial charge in [-0.1, -0.05) is 13.8 Å². The van der Waals surface area contributed by atoms with Gasteiger partial charge in [0.05, 0.1) is 6.61 Å². The number of hydrogen-bond donors (Lipinski definition) is 0. The van der Waals surface area contributed by atoms with Gasteiger partial charge in [-0.05, 0) is 24.1 Å². The lowest BCUT2D eigenvalue weighted by Gasteiger charge is -2.11. The Hall–Kier alpha value is 0.480. The molecule has 0 radical (unpaired) electrons. The molecule has 10 heavy (non-hydrogen) atoms. The Balaban J connectivity index is 3.75. The van der Waals surface area contributed by atoms with E-state index < -0.39 is 6.72 Å². The SMILES string of the molecule is CCOP(=O)(Cl)CC(C)C. The lowest BCUT2D eigenvalue weighted by Crippen LogP contribution is -1.96. The zero-order valence-corrected chi connectivity index (χ0v) is 8.28. The summed E-state index contributed by atoms with van der Waals surface area (Å²) in [6, 6.07) is 0. The highest BCUT2D eigenvalue weighted by atomic mass is 35.7. The summed E-state index contributed by atoms with van der Waals surface area (Å²) in [4.78, 5) is 0. The molecule has 0 aliphatic heterocycles. The second-order valence-electron chi connectivity index (χ2n) is 2.58. The summed E-state index contributed by atoms with van der Waals surface area (Å²) < 4.78 is 16.0. The van der Waals surface area contributed by atoms with E-state index in [1.165, 1.54) is 0 Å². The summed E-state index contributed by atoms with van der Waals surface area (Å²) in [5, 5.41) is 0. The van der Waals surface area contributed by atoms with Crippen LogP contribution in [0.3, 0.4) is 0 Å². The average Bonchev–Trinajstić information content (AvgIpc) is 1.59. The number of halogens is 1. The maximum absolute atomic E-state index is 11.2. The Bertz CT molecular complexity index is 136. The molecule has 1 unspecified atom stereocenters. The van der Waals surface area contributed by atoms with Crippen LogP contribution >= 0.6 is 18.0 Å². The van der Waals surface area contributed by atoms with E-state index in [4.69, 9.17) is 15.8 Å². The van der Waals surface area contributed by atoms with Crippen molar-refractivity contribution in [1.82, 2.24) is 0 Å². The molecule has 0 aliphatic rings. The van der Waals surface area contributed by atoms with Gasteiger partial charge in [0.15, 0.2) is 0 Å². The minimum atomic E-state index is -2.78. The third-order valence-corrected chi connectivity index (χ3v) is 3.42. The average molecular weight is 185 g/mol. The van der Waals surface area contributed by atoms with Crippen molar-refractivity contribution in [3.8, 4) is 0 Å². The topological polar surface area (TPSA) is 26.3 Å². The molecule has 2 nitrogen and oxygen atoms in total. The molecule has 0 aromatic heterocycles. The molecule has 4 heteroatoms. The van der Waals surface area contributed by atoms with E-state index in [9.17, 15) is 4.57 Å². The maximum Gasteiger partial charge on any atom is 0.290 e. The van der Waals surface area contributed by atoms with Crippen LogP contribution < -0.4 is 0 Å². The predicted octanol–water partition coefficient (Wildman–Crippen LogP) is 3.11. The first-order valence-corrected chi connectivity index (χ1v) is 6.12. The monoisotopic (exact) mass is 184 g/mol. The van der Waals surface area contributed by atoms with Crippen LogP contribution in [0.2, 0.25) is 0 Å². The van der Waals surface area contributed by atoms with Gasteiger partial charge in [-0.25, -0.2) is 0 Å². The maximum atomic E-state index is 11.2. The zero-order valence-electron chi connectivity index (χ0n) is 6.63. The summed E-state index contributed by atoms with van der Waals surface area (Å²) in [5.74, 6) is 0.329. The lowest BCUT2D eigenvalue weighted by atomic mass is 10.3. The van der Waals surface area contributed by atoms with Crippen LogP contribution in [0.15, 0.2) is 0 Å². The summed E-state index contributed by atoms with van der Waals surface area (Å²) in [7, 11) is 0. The van der Waals surface area contributed by atoms with Gasteiger partial charge < -0.3 is 4.52 Å². The van der Waals surface area contributed by atoms with Gasteiger partial charge in [0.1, 0.15) is 0 Å². The molecular formula is C6H14ClO2P. The van der Waals surface area contributed by atoms with Gasteiger partial charge in [-0.15, -0.1) is 0 Å². The van der Waals surface area contributed by atoms with Crippen molar-refractivity contribution in [2.24, 2.45) is 5.92 Å². The zero-order chi connectivity index (χ0) is 8.20. The van der Waals surface area contributed by atoms with Gasteiger partial charge in [0.2, 0.25) is 0 Å². The molecular weight excluding hydrogens is 170 g/mol. The van der Waals surface area contributed by atoms with Gasteiger partial charge in [-0.2, -0.15) is 0 Å². The fourth-order valence-electron chi connectivity index (χ4n) is 0.682. The van der Waals surface area contributed by atoms with Crippen LogP contribution in [0.1, 0.15) is 20.8 Å². The van der Waals surface area contributed by atoms with Gasteiger partial charge in [-0.3, -0.25) is 4.57 Å². The molecule has 0 aromatic carbocycles. The van der Waals surface area contributed by atoms with E-state index in [1.54, 1.807) is 6.92 Å². The van der Waals surface area contributed by atoms with Crippen LogP contribution in [0, 0.1) is 5.92 Å². The van der Waals surface area contributed by atoms with E-state index in [2.05, 4.69) is 0 Å². The third kappa shape index (κ3) is 5.28. The molecule has 0 amide bonds. The molecule has 0 spiro atoms. The molecule has 0 fully saturated rings. The Morgan fingerprint density at radius 3 is 2.40 bits per heavy atom. The standard InChI is InChI=1S/C6H14ClO2P/c1-4-9-10(7,8)5-6(2)3/h6H,4-5H2,1-3H3. The normalized spacial score (nSPS) is 17.3. The second-order valence-corrected chi connectivity index (χ2v) is 5.93. The number of rotatable bonds is 4. The first-order chi connectivity index (χ1) is 4.48. The van der Waals surface area contributed by atoms with Crippen LogP contribution in [0.25, 0.3) is 0 Å². The molecule has 0 bridgehead atoms. The van der Waals surface area contributed by atoms with E-state index >= 15 is 0 Å². The molecule has 0 N–H and O–H groups in total. The van der Waals surface area contributed by atoms with E-state index in [1.807, 2.05) is 13.8 Å². The van der Waals surface area contributed by atoms with E-state index in [0.717, 1.165) is 0 Å². The molecule has 0 heterocycles. The molecule has 0 saturated carbocycles. The lowest BCUT2D eigenvalue weighted by molar-refractivity contribution is 0.341. The largest absolute Gasteiger partial charge is 0.318 e. The molecule has 0 aromatic rings. The molecule has 0 rings (SSSR count). The highest BCUT2D eigenvalue weighted by molar-refractivity contribution is 7.85. The summed E-state index contributed by atoms with van der Waals surface area (Å²) in [6.07, 6.45) is 0.461. The Morgan fingerprint density at radius 2 is 2.10 bits per heavy atom. The predicted molar refractivity (Wildman–Crippen MR) is 44.8 cm³/mol. The minimum Gasteiger partial charge on any atom is -0.318 e. The minimum absolute atomic E-state index is 0.329. The highest BCUT2D eigenvalue weighted by Gasteiger charge is 2.19. The fourth-order valence-corrected chi connectivity index (χ4v) is 3.17. The van der Waals surface area contributed by atoms with E-state index in [-0.39, 0.29) is 0 Å². The molecule has 62 valence electrons. The summed E-state index contributed by atoms with van der Waals surface area (Å²) >= 11 is 5.56. The van der Waals surface area contributed by atoms with Crippen molar-refractivity contribution in [2.75, 3.05) is 12.8 Å². The molecule has 0 saturated heterocycles. The van der Waals surface area contributed by atoms with Crippen molar-refractivity contribution in [3.63, 3.8) is 0 Å². The molecule has 0 aliphatic carbocycles. The highest BCUT2D eigenvalue weighted by Crippen LogP contribution is 2.53. The van der Waals surface area contributed by atoms with Crippen LogP contribution in [-0.4, -0.2) is 12.8 Å². The summed E-state index contributed by atoms with van der Waals surface area (Å²) in [5.41, 5.74) is 0.